The molecule has 18 heavy (non-hydrogen) atoms. The van der Waals surface area contributed by atoms with E-state index >= 15 is 0 Å². The number of anilines is 1. The molecule has 1 aliphatic rings. The molecule has 2 aromatic heterocycles. The Hall–Kier alpha value is -1.91. The number of carbonyl (C=O) groups is 1. The molecule has 0 aromatic carbocycles. The molecule has 1 saturated carbocycles. The molecule has 0 atom stereocenters. The Labute approximate surface area is 105 Å². The van der Waals surface area contributed by atoms with Gasteiger partial charge in [-0.3, -0.25) is 4.79 Å². The van der Waals surface area contributed by atoms with Gasteiger partial charge in [-0.1, -0.05) is 0 Å². The van der Waals surface area contributed by atoms with E-state index in [1.54, 1.807) is 6.92 Å². The molecule has 94 valence electrons. The number of aryl methyl sites for hydroxylation is 1. The van der Waals surface area contributed by atoms with E-state index in [9.17, 15) is 4.79 Å². The van der Waals surface area contributed by atoms with Gasteiger partial charge in [0, 0.05) is 5.54 Å². The predicted molar refractivity (Wildman–Crippen MR) is 67.8 cm³/mol. The highest BCUT2D eigenvalue weighted by Gasteiger charge is 2.38. The number of nitrogens with one attached hydrogen (secondary N) is 1. The van der Waals surface area contributed by atoms with Crippen molar-refractivity contribution in [3.63, 3.8) is 0 Å². The van der Waals surface area contributed by atoms with E-state index in [4.69, 9.17) is 4.42 Å². The molecular weight excluding hydrogens is 230 g/mol. The van der Waals surface area contributed by atoms with Crippen molar-refractivity contribution in [1.82, 2.24) is 9.97 Å². The second kappa shape index (κ2) is 3.54. The standard InChI is InChI=1S/C13H15N3O2/c1-7(17)9-8(2)18-12-10(9)11(14-6-15-12)16-13(3)4-5-13/h6H,4-5H2,1-3H3,(H,14,15,16). The topological polar surface area (TPSA) is 68.0 Å². The van der Waals surface area contributed by atoms with Crippen molar-refractivity contribution in [2.24, 2.45) is 0 Å². The van der Waals surface area contributed by atoms with Crippen LogP contribution in [0.3, 0.4) is 0 Å². The molecule has 0 bridgehead atoms. The Morgan fingerprint density at radius 2 is 2.17 bits per heavy atom. The molecule has 2 aromatic rings. The molecule has 0 amide bonds. The first-order valence-corrected chi connectivity index (χ1v) is 6.03. The fourth-order valence-corrected chi connectivity index (χ4v) is 2.16. The molecule has 0 aliphatic heterocycles. The number of furan rings is 1. The lowest BCUT2D eigenvalue weighted by molar-refractivity contribution is 0.101. The van der Waals surface area contributed by atoms with Crippen molar-refractivity contribution in [3.8, 4) is 0 Å². The van der Waals surface area contributed by atoms with Gasteiger partial charge in [0.25, 0.3) is 0 Å². The van der Waals surface area contributed by atoms with E-state index in [0.29, 0.717) is 28.2 Å². The van der Waals surface area contributed by atoms with Crippen LogP contribution in [0.1, 0.15) is 42.8 Å². The number of nitrogens with zero attached hydrogens (tertiary/aromatic N) is 2. The third-order valence-electron chi connectivity index (χ3n) is 3.44. The summed E-state index contributed by atoms with van der Waals surface area (Å²) >= 11 is 0. The van der Waals surface area contributed by atoms with Gasteiger partial charge in [-0.2, -0.15) is 0 Å². The number of aromatic nitrogens is 2. The molecule has 2 heterocycles. The molecule has 0 saturated heterocycles. The van der Waals surface area contributed by atoms with E-state index in [1.165, 1.54) is 13.3 Å². The molecule has 1 fully saturated rings. The largest absolute Gasteiger partial charge is 0.442 e. The number of ketones is 1. The zero-order valence-corrected chi connectivity index (χ0v) is 10.7. The van der Waals surface area contributed by atoms with Crippen LogP contribution in [-0.4, -0.2) is 21.3 Å². The van der Waals surface area contributed by atoms with Gasteiger partial charge < -0.3 is 9.73 Å². The van der Waals surface area contributed by atoms with Gasteiger partial charge in [0.15, 0.2) is 5.78 Å². The maximum atomic E-state index is 11.7. The van der Waals surface area contributed by atoms with Gasteiger partial charge in [-0.15, -0.1) is 0 Å². The average Bonchev–Trinajstić information content (AvgIpc) is 2.89. The average molecular weight is 245 g/mol. The minimum absolute atomic E-state index is 0.0231. The number of fused-ring (bicyclic) bond motifs is 1. The fourth-order valence-electron chi connectivity index (χ4n) is 2.16. The number of Topliss-reactive ketones (excluding diaryl/α,β-unsaturated/α-hetero) is 1. The van der Waals surface area contributed by atoms with Crippen LogP contribution in [0.25, 0.3) is 11.1 Å². The minimum atomic E-state index is -0.0231. The molecule has 1 aliphatic carbocycles. The first kappa shape index (κ1) is 11.2. The molecule has 1 N–H and O–H groups in total. The van der Waals surface area contributed by atoms with E-state index < -0.39 is 0 Å². The highest BCUT2D eigenvalue weighted by Crippen LogP contribution is 2.40. The summed E-state index contributed by atoms with van der Waals surface area (Å²) < 4.78 is 5.52. The summed E-state index contributed by atoms with van der Waals surface area (Å²) in [6, 6.07) is 0. The van der Waals surface area contributed by atoms with E-state index in [1.807, 2.05) is 0 Å². The number of rotatable bonds is 3. The van der Waals surface area contributed by atoms with Crippen LogP contribution in [0, 0.1) is 6.92 Å². The summed E-state index contributed by atoms with van der Waals surface area (Å²) in [5, 5.41) is 4.08. The van der Waals surface area contributed by atoms with Gasteiger partial charge in [0.2, 0.25) is 5.71 Å². The maximum absolute atomic E-state index is 11.7. The third kappa shape index (κ3) is 1.66. The van der Waals surface area contributed by atoms with Crippen molar-refractivity contribution < 1.29 is 9.21 Å². The molecule has 3 rings (SSSR count). The van der Waals surface area contributed by atoms with Crippen molar-refractivity contribution in [2.45, 2.75) is 39.2 Å². The summed E-state index contributed by atoms with van der Waals surface area (Å²) in [5.74, 6) is 1.27. The van der Waals surface area contributed by atoms with Crippen LogP contribution in [0.4, 0.5) is 5.82 Å². The van der Waals surface area contributed by atoms with Crippen molar-refractivity contribution in [1.29, 1.82) is 0 Å². The fraction of sp³-hybridized carbons (Fsp3) is 0.462. The smallest absolute Gasteiger partial charge is 0.232 e. The Balaban J connectivity index is 2.21. The number of carbonyl (C=O) groups excluding carboxylic acids is 1. The second-order valence-corrected chi connectivity index (χ2v) is 5.18. The lowest BCUT2D eigenvalue weighted by Gasteiger charge is -2.12. The Kier molecular flexibility index (Phi) is 2.20. The zero-order valence-electron chi connectivity index (χ0n) is 10.7. The molecular formula is C13H15N3O2. The molecule has 0 radical (unpaired) electrons. The summed E-state index contributed by atoms with van der Waals surface area (Å²) in [6.07, 6.45) is 3.69. The molecule has 0 unspecified atom stereocenters. The second-order valence-electron chi connectivity index (χ2n) is 5.18. The monoisotopic (exact) mass is 245 g/mol. The highest BCUT2D eigenvalue weighted by atomic mass is 16.3. The van der Waals surface area contributed by atoms with E-state index in [-0.39, 0.29) is 11.3 Å². The van der Waals surface area contributed by atoms with Crippen LogP contribution in [0.2, 0.25) is 0 Å². The van der Waals surface area contributed by atoms with Crippen LogP contribution in [0.5, 0.6) is 0 Å². The Morgan fingerprint density at radius 1 is 1.44 bits per heavy atom. The number of hydrogen-bond donors (Lipinski definition) is 1. The lowest BCUT2D eigenvalue weighted by atomic mass is 10.1. The predicted octanol–water partition coefficient (Wildman–Crippen LogP) is 2.70. The van der Waals surface area contributed by atoms with Gasteiger partial charge in [-0.05, 0) is 33.6 Å². The molecule has 5 heteroatoms. The first-order chi connectivity index (χ1) is 8.50. The Morgan fingerprint density at radius 3 is 2.78 bits per heavy atom. The van der Waals surface area contributed by atoms with Gasteiger partial charge in [0.05, 0.1) is 10.9 Å². The van der Waals surface area contributed by atoms with Crippen LogP contribution >= 0.6 is 0 Å². The van der Waals surface area contributed by atoms with Crippen LogP contribution in [-0.2, 0) is 0 Å². The third-order valence-corrected chi connectivity index (χ3v) is 3.44. The zero-order chi connectivity index (χ0) is 12.9. The highest BCUT2D eigenvalue weighted by molar-refractivity contribution is 6.10. The van der Waals surface area contributed by atoms with E-state index in [0.717, 1.165) is 12.8 Å². The lowest BCUT2D eigenvalue weighted by Crippen LogP contribution is -2.17. The Bertz CT molecular complexity index is 641. The summed E-state index contributed by atoms with van der Waals surface area (Å²) in [6.45, 7) is 5.45. The molecule has 0 spiro atoms. The first-order valence-electron chi connectivity index (χ1n) is 6.03. The maximum Gasteiger partial charge on any atom is 0.232 e. The quantitative estimate of drug-likeness (QED) is 0.842. The van der Waals surface area contributed by atoms with Crippen molar-refractivity contribution in [3.05, 3.63) is 17.7 Å². The van der Waals surface area contributed by atoms with Crippen LogP contribution in [0.15, 0.2) is 10.7 Å². The van der Waals surface area contributed by atoms with Crippen LogP contribution < -0.4 is 5.32 Å². The van der Waals surface area contributed by atoms with Gasteiger partial charge in [-0.25, -0.2) is 9.97 Å². The number of hydrogen-bond acceptors (Lipinski definition) is 5. The molecule has 5 nitrogen and oxygen atoms in total. The van der Waals surface area contributed by atoms with Crippen molar-refractivity contribution in [2.75, 3.05) is 5.32 Å². The van der Waals surface area contributed by atoms with Crippen molar-refractivity contribution >= 4 is 22.7 Å². The van der Waals surface area contributed by atoms with E-state index in [2.05, 4.69) is 22.2 Å². The summed E-state index contributed by atoms with van der Waals surface area (Å²) in [4.78, 5) is 20.1. The SMILES string of the molecule is CC(=O)c1c(C)oc2ncnc(NC3(C)CC3)c12. The van der Waals surface area contributed by atoms with Gasteiger partial charge in [0.1, 0.15) is 17.9 Å². The summed E-state index contributed by atoms with van der Waals surface area (Å²) in [5.41, 5.74) is 1.15. The van der Waals surface area contributed by atoms with Gasteiger partial charge >= 0.3 is 0 Å². The minimum Gasteiger partial charge on any atom is -0.442 e. The normalized spacial score (nSPS) is 16.8. The summed E-state index contributed by atoms with van der Waals surface area (Å²) in [7, 11) is 0.